The summed E-state index contributed by atoms with van der Waals surface area (Å²) >= 11 is 0. The lowest BCUT2D eigenvalue weighted by atomic mass is 9.91. The fraction of sp³-hybridized carbons (Fsp3) is 0.0238. The van der Waals surface area contributed by atoms with Crippen LogP contribution in [0.4, 0.5) is 0 Å². The minimum absolute atomic E-state index is 0.568. The van der Waals surface area contributed by atoms with Gasteiger partial charge in [0.2, 0.25) is 0 Å². The van der Waals surface area contributed by atoms with Gasteiger partial charge in [-0.1, -0.05) is 158 Å². The maximum absolute atomic E-state index is 5.01. The van der Waals surface area contributed by atoms with E-state index in [1.54, 1.807) is 0 Å². The highest BCUT2D eigenvalue weighted by Crippen LogP contribution is 2.36. The van der Waals surface area contributed by atoms with E-state index in [0.29, 0.717) is 18.1 Å². The van der Waals surface area contributed by atoms with Gasteiger partial charge in [0.15, 0.2) is 11.6 Å². The third kappa shape index (κ3) is 5.37. The zero-order valence-electron chi connectivity index (χ0n) is 24.6. The minimum atomic E-state index is 0.568. The van der Waals surface area contributed by atoms with Crippen molar-refractivity contribution in [2.75, 3.05) is 0 Å². The predicted molar refractivity (Wildman–Crippen MR) is 186 cm³/mol. The van der Waals surface area contributed by atoms with E-state index in [0.717, 1.165) is 22.5 Å². The molecule has 0 aliphatic heterocycles. The Bertz CT molecular complexity index is 2130. The molecule has 0 saturated heterocycles. The van der Waals surface area contributed by atoms with Crippen molar-refractivity contribution in [3.05, 3.63) is 175 Å². The molecule has 1 heterocycles. The lowest BCUT2D eigenvalue weighted by Gasteiger charge is -2.14. The van der Waals surface area contributed by atoms with Gasteiger partial charge in [-0.2, -0.15) is 0 Å². The van der Waals surface area contributed by atoms with Crippen LogP contribution in [-0.4, -0.2) is 15.0 Å². The summed E-state index contributed by atoms with van der Waals surface area (Å²) in [5, 5.41) is 4.92. The highest BCUT2D eigenvalue weighted by atomic mass is 15.0. The molecule has 0 unspecified atom stereocenters. The van der Waals surface area contributed by atoms with E-state index in [2.05, 4.69) is 103 Å². The standard InChI is InChI=1S/C42H29N3/c1-3-15-32(16-4-1)41-43-40(44-42(45-41)33-17-5-2-6-18-33)27-29-25-34(38-23-11-19-30-13-7-9-21-36(30)38)28-35(26-29)39-24-12-20-31-14-8-10-22-37(31)39/h1-26,28H,27H2. The molecule has 0 aliphatic rings. The quantitative estimate of drug-likeness (QED) is 0.198. The number of nitrogens with zero attached hydrogens (tertiary/aromatic N) is 3. The van der Waals surface area contributed by atoms with Gasteiger partial charge in [-0.15, -0.1) is 0 Å². The zero-order valence-corrected chi connectivity index (χ0v) is 24.6. The molecule has 1 aromatic heterocycles. The van der Waals surface area contributed by atoms with E-state index in [1.807, 2.05) is 60.7 Å². The average Bonchev–Trinajstić information content (AvgIpc) is 3.11. The molecule has 8 rings (SSSR count). The Morgan fingerprint density at radius 1 is 0.356 bits per heavy atom. The van der Waals surface area contributed by atoms with Crippen molar-refractivity contribution >= 4 is 21.5 Å². The van der Waals surface area contributed by atoms with E-state index in [9.17, 15) is 0 Å². The summed E-state index contributed by atoms with van der Waals surface area (Å²) in [4.78, 5) is 14.9. The molecule has 0 N–H and O–H groups in total. The minimum Gasteiger partial charge on any atom is -0.213 e. The van der Waals surface area contributed by atoms with Gasteiger partial charge in [-0.3, -0.25) is 0 Å². The fourth-order valence-electron chi connectivity index (χ4n) is 6.17. The second-order valence-electron chi connectivity index (χ2n) is 11.3. The lowest BCUT2D eigenvalue weighted by molar-refractivity contribution is 0.933. The first-order valence-corrected chi connectivity index (χ1v) is 15.2. The molecule has 0 aliphatic carbocycles. The molecule has 45 heavy (non-hydrogen) atoms. The Morgan fingerprint density at radius 3 is 1.31 bits per heavy atom. The van der Waals surface area contributed by atoms with Crippen LogP contribution in [0.15, 0.2) is 164 Å². The van der Waals surface area contributed by atoms with Crippen molar-refractivity contribution in [3.8, 4) is 45.0 Å². The van der Waals surface area contributed by atoms with Crippen molar-refractivity contribution < 1.29 is 0 Å². The Hall–Kier alpha value is -5.93. The van der Waals surface area contributed by atoms with Gasteiger partial charge in [-0.05, 0) is 55.4 Å². The maximum atomic E-state index is 5.01. The van der Waals surface area contributed by atoms with E-state index in [1.165, 1.54) is 43.8 Å². The summed E-state index contributed by atoms with van der Waals surface area (Å²) in [6.07, 6.45) is 0.568. The molecule has 0 amide bonds. The summed E-state index contributed by atoms with van der Waals surface area (Å²) in [5.41, 5.74) is 7.86. The van der Waals surface area contributed by atoms with Crippen LogP contribution in [0.3, 0.4) is 0 Å². The van der Waals surface area contributed by atoms with Crippen molar-refractivity contribution in [3.63, 3.8) is 0 Å². The van der Waals surface area contributed by atoms with Gasteiger partial charge < -0.3 is 0 Å². The molecule has 3 nitrogen and oxygen atoms in total. The molecular formula is C42H29N3. The second-order valence-corrected chi connectivity index (χ2v) is 11.3. The van der Waals surface area contributed by atoms with Gasteiger partial charge in [0.05, 0.1) is 0 Å². The van der Waals surface area contributed by atoms with Crippen LogP contribution in [-0.2, 0) is 6.42 Å². The average molecular weight is 576 g/mol. The molecule has 3 heteroatoms. The Morgan fingerprint density at radius 2 is 0.800 bits per heavy atom. The number of hydrogen-bond donors (Lipinski definition) is 0. The van der Waals surface area contributed by atoms with Crippen LogP contribution in [0.1, 0.15) is 11.4 Å². The third-order valence-electron chi connectivity index (χ3n) is 8.30. The van der Waals surface area contributed by atoms with Crippen molar-refractivity contribution in [2.45, 2.75) is 6.42 Å². The molecule has 0 radical (unpaired) electrons. The van der Waals surface area contributed by atoms with Crippen LogP contribution in [0.2, 0.25) is 0 Å². The van der Waals surface area contributed by atoms with Crippen LogP contribution in [0.25, 0.3) is 66.6 Å². The molecule has 0 atom stereocenters. The normalized spacial score (nSPS) is 11.2. The van der Waals surface area contributed by atoms with Gasteiger partial charge in [0.1, 0.15) is 5.82 Å². The van der Waals surface area contributed by atoms with Crippen molar-refractivity contribution in [1.29, 1.82) is 0 Å². The SMILES string of the molecule is c1ccc(-c2nc(Cc3cc(-c4cccc5ccccc45)cc(-c4cccc5ccccc45)c3)nc(-c3ccccc3)n2)cc1. The van der Waals surface area contributed by atoms with Crippen molar-refractivity contribution in [2.24, 2.45) is 0 Å². The largest absolute Gasteiger partial charge is 0.213 e. The molecule has 0 bridgehead atoms. The highest BCUT2D eigenvalue weighted by molar-refractivity contribution is 6.00. The van der Waals surface area contributed by atoms with Gasteiger partial charge in [0.25, 0.3) is 0 Å². The summed E-state index contributed by atoms with van der Waals surface area (Å²) in [5.74, 6) is 2.10. The molecule has 0 fully saturated rings. The summed E-state index contributed by atoms with van der Waals surface area (Å²) in [6.45, 7) is 0. The number of benzene rings is 7. The Kier molecular flexibility index (Phi) is 6.89. The van der Waals surface area contributed by atoms with Crippen LogP contribution >= 0.6 is 0 Å². The Labute approximate surface area is 262 Å². The van der Waals surface area contributed by atoms with Crippen LogP contribution < -0.4 is 0 Å². The highest BCUT2D eigenvalue weighted by Gasteiger charge is 2.14. The number of aromatic nitrogens is 3. The van der Waals surface area contributed by atoms with Gasteiger partial charge in [0, 0.05) is 17.5 Å². The molecule has 7 aromatic carbocycles. The van der Waals surface area contributed by atoms with Crippen LogP contribution in [0.5, 0.6) is 0 Å². The van der Waals surface area contributed by atoms with E-state index < -0.39 is 0 Å². The lowest BCUT2D eigenvalue weighted by Crippen LogP contribution is -2.04. The number of rotatable bonds is 6. The van der Waals surface area contributed by atoms with Crippen LogP contribution in [0, 0.1) is 0 Å². The second kappa shape index (κ2) is 11.6. The summed E-state index contributed by atoms with van der Waals surface area (Å²) < 4.78 is 0. The molecule has 8 aromatic rings. The fourth-order valence-corrected chi connectivity index (χ4v) is 6.17. The first-order chi connectivity index (χ1) is 22.3. The van der Waals surface area contributed by atoms with Gasteiger partial charge in [-0.25, -0.2) is 15.0 Å². The molecule has 212 valence electrons. The smallest absolute Gasteiger partial charge is 0.163 e. The number of hydrogen-bond acceptors (Lipinski definition) is 3. The monoisotopic (exact) mass is 575 g/mol. The van der Waals surface area contributed by atoms with E-state index in [4.69, 9.17) is 15.0 Å². The van der Waals surface area contributed by atoms with E-state index >= 15 is 0 Å². The van der Waals surface area contributed by atoms with Gasteiger partial charge >= 0.3 is 0 Å². The first kappa shape index (κ1) is 26.7. The summed E-state index contributed by atoms with van der Waals surface area (Å²) in [6, 6.07) is 57.5. The third-order valence-corrected chi connectivity index (χ3v) is 8.30. The molecule has 0 spiro atoms. The summed E-state index contributed by atoms with van der Waals surface area (Å²) in [7, 11) is 0. The Balaban J connectivity index is 1.32. The number of fused-ring (bicyclic) bond motifs is 2. The topological polar surface area (TPSA) is 38.7 Å². The molecular weight excluding hydrogens is 546 g/mol. The van der Waals surface area contributed by atoms with E-state index in [-0.39, 0.29) is 0 Å². The zero-order chi connectivity index (χ0) is 30.0. The maximum Gasteiger partial charge on any atom is 0.163 e. The van der Waals surface area contributed by atoms with Crippen molar-refractivity contribution in [1.82, 2.24) is 15.0 Å². The predicted octanol–water partition coefficient (Wildman–Crippen LogP) is 10.4. The molecule has 0 saturated carbocycles. The first-order valence-electron chi connectivity index (χ1n) is 15.2.